The predicted octanol–water partition coefficient (Wildman–Crippen LogP) is 1.99. The van der Waals surface area contributed by atoms with E-state index in [1.54, 1.807) is 30.0 Å². The first-order valence-electron chi connectivity index (χ1n) is 29.9. The quantitative estimate of drug-likeness (QED) is 0.0324. The van der Waals surface area contributed by atoms with E-state index < -0.39 is 5.97 Å². The van der Waals surface area contributed by atoms with Gasteiger partial charge in [-0.2, -0.15) is 47.0 Å². The van der Waals surface area contributed by atoms with E-state index in [2.05, 4.69) is 101 Å². The van der Waals surface area contributed by atoms with Gasteiger partial charge in [-0.25, -0.2) is 4.79 Å². The summed E-state index contributed by atoms with van der Waals surface area (Å²) in [5.74, 6) is 11.7. The number of carbonyl (C=O) groups excluding carboxylic acids is 1. The maximum absolute atomic E-state index is 13.6. The fourth-order valence-corrected chi connectivity index (χ4v) is 17.3. The van der Waals surface area contributed by atoms with Crippen molar-refractivity contribution in [3.8, 4) is 28.2 Å². The lowest BCUT2D eigenvalue weighted by Gasteiger charge is -2.33. The van der Waals surface area contributed by atoms with E-state index in [0.29, 0.717) is 76.5 Å². The first-order valence-corrected chi connectivity index (χ1v) is 34.5. The number of rotatable bonds is 21. The number of nitrogens with zero attached hydrogens (tertiary/aromatic N) is 4. The fourth-order valence-electron chi connectivity index (χ4n) is 12.7. The van der Waals surface area contributed by atoms with Gasteiger partial charge >= 0.3 is 29.8 Å². The van der Waals surface area contributed by atoms with Gasteiger partial charge in [0.2, 0.25) is 0 Å². The number of phenolic OH excluding ortho intramolecular Hbond substituents is 1. The zero-order valence-electron chi connectivity index (χ0n) is 47.1. The van der Waals surface area contributed by atoms with E-state index in [0.717, 1.165) is 142 Å². The third-order valence-corrected chi connectivity index (χ3v) is 22.4. The first kappa shape index (κ1) is 57.7. The summed E-state index contributed by atoms with van der Waals surface area (Å²) in [6.07, 6.45) is 9.02. The van der Waals surface area contributed by atoms with Gasteiger partial charge in [0.15, 0.2) is 5.43 Å². The van der Waals surface area contributed by atoms with Crippen LogP contribution < -0.4 is 53.3 Å². The first-order chi connectivity index (χ1) is 40.5. The average Bonchev–Trinajstić information content (AvgIpc) is 3.66. The monoisotopic (exact) mass is 1210 g/mol. The van der Waals surface area contributed by atoms with E-state index in [4.69, 9.17) is 4.42 Å². The highest BCUT2D eigenvalue weighted by atomic mass is 32.2. The smallest absolute Gasteiger partial charge is 0.346 e. The number of thioether (sulfide) groups is 4. The second kappa shape index (κ2) is 26.7. The van der Waals surface area contributed by atoms with Gasteiger partial charge in [0.05, 0.1) is 107 Å². The van der Waals surface area contributed by atoms with Gasteiger partial charge in [-0.05, 0) is 48.0 Å². The summed E-state index contributed by atoms with van der Waals surface area (Å²) < 4.78 is 15.8. The Balaban J connectivity index is 0.532. The molecule has 2 aromatic carbocycles. The largest absolute Gasteiger partial charge is 0.508 e. The number of aromatic hydroxyl groups is 1. The van der Waals surface area contributed by atoms with Crippen LogP contribution in [0.1, 0.15) is 72.1 Å². The number of phenols is 1. The van der Waals surface area contributed by atoms with Gasteiger partial charge in [0.1, 0.15) is 23.1 Å². The van der Waals surface area contributed by atoms with Gasteiger partial charge in [-0.15, -0.1) is 0 Å². The molecule has 0 aromatic heterocycles. The Kier molecular flexibility index (Phi) is 18.6. The van der Waals surface area contributed by atoms with Crippen LogP contribution in [0.2, 0.25) is 0 Å². The van der Waals surface area contributed by atoms with E-state index in [1.165, 1.54) is 67.6 Å². The van der Waals surface area contributed by atoms with Crippen LogP contribution in [0.5, 0.6) is 5.75 Å². The van der Waals surface area contributed by atoms with Crippen molar-refractivity contribution in [1.29, 1.82) is 0 Å². The molecule has 8 atom stereocenters. The van der Waals surface area contributed by atoms with Crippen molar-refractivity contribution in [2.75, 3.05) is 112 Å². The molecule has 10 aliphatic rings. The van der Waals surface area contributed by atoms with Crippen LogP contribution >= 0.6 is 47.0 Å². The number of carboxylic acid groups (broad SMARTS) is 1. The standard InChI is InChI=1S/C59H77N13O7S4/c73-28-37-7-16-69-18-9-39(63-56(69)61-37)30-81-32-41-11-20-71-22-13-43(67-58(71)65-41)34-83-35-44-14-23-72-21-12-42(66-59(72)68-44)33-82-31-40-10-19-70-17-8-38(62-57(70)64-40)29-80-24-15-60-54(76)36-1-4-47(55(77)78)50(25-36)53-48-5-2-45(74)26-51(48)79-52-27-46(75)3-6-49(52)53/h1-6,25-27,37-44,73H,7-24,28-35H2,(H7,60,61,62,63,64,65,66,67,68,74,75,76,77,78)/p+4/t37?,38-,39-,40?,41?,42-,43-,44?/m1/s1. The van der Waals surface area contributed by atoms with Gasteiger partial charge in [-0.3, -0.25) is 70.4 Å². The Morgan fingerprint density at radius 3 is 1.41 bits per heavy atom. The Bertz CT molecular complexity index is 3210. The van der Waals surface area contributed by atoms with Gasteiger partial charge in [-0.1, -0.05) is 0 Å². The number of nitrogens with one attached hydrogen (secondary N) is 9. The summed E-state index contributed by atoms with van der Waals surface area (Å²) in [6.45, 7) is 9.24. The second-order valence-electron chi connectivity index (χ2n) is 23.4. The van der Waals surface area contributed by atoms with Crippen LogP contribution in [0.3, 0.4) is 0 Å². The minimum Gasteiger partial charge on any atom is -0.508 e. The number of amides is 1. The van der Waals surface area contributed by atoms with E-state index in [-0.39, 0.29) is 46.6 Å². The summed E-state index contributed by atoms with van der Waals surface area (Å²) in [4.78, 5) is 38.4. The molecule has 12 rings (SSSR count). The number of aliphatic hydroxyl groups is 1. The molecule has 24 heteroatoms. The predicted molar refractivity (Wildman–Crippen MR) is 334 cm³/mol. The molecular weight excluding hydrogens is 1130 g/mol. The maximum atomic E-state index is 13.6. The van der Waals surface area contributed by atoms with E-state index in [1.807, 2.05) is 0 Å². The third-order valence-electron chi connectivity index (χ3n) is 17.4. The van der Waals surface area contributed by atoms with Crippen molar-refractivity contribution in [2.45, 2.75) is 99.7 Å². The highest BCUT2D eigenvalue weighted by Crippen LogP contribution is 2.42. The van der Waals surface area contributed by atoms with Crippen molar-refractivity contribution >= 4 is 93.7 Å². The number of hydrogen-bond acceptors (Lipinski definition) is 18. The molecule has 444 valence electrons. The number of fused-ring (bicyclic) bond motifs is 2. The minimum absolute atomic E-state index is 0.00444. The van der Waals surface area contributed by atoms with Crippen LogP contribution in [0.4, 0.5) is 0 Å². The summed E-state index contributed by atoms with van der Waals surface area (Å²) >= 11 is 8.00. The van der Waals surface area contributed by atoms with Crippen LogP contribution in [0.15, 0.2) is 63.8 Å². The lowest BCUT2D eigenvalue weighted by molar-refractivity contribution is -0.542. The Labute approximate surface area is 501 Å². The minimum atomic E-state index is -1.16. The van der Waals surface area contributed by atoms with Crippen LogP contribution in [-0.4, -0.2) is 229 Å². The summed E-state index contributed by atoms with van der Waals surface area (Å²) in [7, 11) is 0. The number of guanidine groups is 4. The van der Waals surface area contributed by atoms with Crippen molar-refractivity contribution in [3.63, 3.8) is 0 Å². The molecule has 0 fully saturated rings. The topological polar surface area (TPSA) is 245 Å². The van der Waals surface area contributed by atoms with Crippen molar-refractivity contribution in [2.24, 2.45) is 0 Å². The third kappa shape index (κ3) is 14.0. The highest BCUT2D eigenvalue weighted by Gasteiger charge is 2.37. The number of benzene rings is 3. The normalized spacial score (nSPS) is 25.9. The van der Waals surface area contributed by atoms with Crippen LogP contribution in [0.25, 0.3) is 33.4 Å². The number of carbonyl (C=O) groups is 2. The molecule has 0 spiro atoms. The second-order valence-corrected chi connectivity index (χ2v) is 27.8. The molecule has 0 radical (unpaired) electrons. The molecule has 0 bridgehead atoms. The Morgan fingerprint density at radius 2 is 0.964 bits per heavy atom. The van der Waals surface area contributed by atoms with Crippen molar-refractivity contribution in [3.05, 3.63) is 75.9 Å². The molecule has 1 amide bonds. The summed E-state index contributed by atoms with van der Waals surface area (Å²) in [6, 6.07) is 16.7. The summed E-state index contributed by atoms with van der Waals surface area (Å²) in [5.41, 5.74) is 1.63. The SMILES string of the molecule is O=C(NCCSC[C@H]1CC[N+]2=C(NC(CSC[C@H]3CC[N+]4=C(NC(CSC[C@H]5CC[N+]6=C(NC(CSC[C@H]7CC[N+]8=C(NC(CO)CC8)N7)CC6)N5)CC4)N3)CC2)N1)c1ccc(C(=O)O)c(-c2c3ccc(=O)cc-3oc3cc(O)ccc23)c1. The number of hydrogen-bond donors (Lipinski definition) is 12. The molecule has 20 nitrogen and oxygen atoms in total. The molecule has 9 aliphatic heterocycles. The number of carboxylic acids is 1. The number of aliphatic hydroxyl groups excluding tert-OH is 1. The lowest BCUT2D eigenvalue weighted by atomic mass is 9.89. The number of aromatic carboxylic acids is 1. The molecule has 12 N–H and O–H groups in total. The van der Waals surface area contributed by atoms with E-state index >= 15 is 0 Å². The molecule has 4 unspecified atom stereocenters. The maximum Gasteiger partial charge on any atom is 0.346 e. The molecule has 1 aliphatic carbocycles. The molecule has 83 heavy (non-hydrogen) atoms. The van der Waals surface area contributed by atoms with Crippen molar-refractivity contribution < 1.29 is 47.6 Å². The van der Waals surface area contributed by atoms with Gasteiger partial charge in [0.25, 0.3) is 5.91 Å². The van der Waals surface area contributed by atoms with Crippen molar-refractivity contribution in [1.82, 2.24) is 47.9 Å². The molecule has 0 saturated heterocycles. The lowest BCUT2D eigenvalue weighted by Crippen LogP contribution is -2.61. The Hall–Kier alpha value is -5.69. The van der Waals surface area contributed by atoms with Crippen LogP contribution in [-0.2, 0) is 0 Å². The van der Waals surface area contributed by atoms with Gasteiger partial charge < -0.3 is 25.1 Å². The Morgan fingerprint density at radius 1 is 0.530 bits per heavy atom. The zero-order valence-corrected chi connectivity index (χ0v) is 50.4. The average molecular weight is 1210 g/mol. The molecule has 2 aromatic rings. The fraction of sp³-hybridized carbons (Fsp3) is 0.576. The van der Waals surface area contributed by atoms with Crippen LogP contribution in [0, 0.1) is 0 Å². The molecule has 0 saturated carbocycles. The van der Waals surface area contributed by atoms with Gasteiger partial charge in [0, 0.05) is 138 Å². The highest BCUT2D eigenvalue weighted by molar-refractivity contribution is 8.00. The summed E-state index contributed by atoms with van der Waals surface area (Å²) in [5, 5.41) is 64.2. The zero-order chi connectivity index (χ0) is 56.8. The molecule has 9 heterocycles. The molecular formula is C59H81N13O7S4+4. The van der Waals surface area contributed by atoms with E-state index in [9.17, 15) is 29.7 Å².